The summed E-state index contributed by atoms with van der Waals surface area (Å²) in [5.41, 5.74) is 2.70. The molecule has 3 aromatic rings. The zero-order chi connectivity index (χ0) is 22.0. The maximum atomic E-state index is 13.3. The number of rotatable bonds is 6. The van der Waals surface area contributed by atoms with E-state index in [9.17, 15) is 18.3 Å². The number of nitrogens with zero attached hydrogens (tertiary/aromatic N) is 4. The summed E-state index contributed by atoms with van der Waals surface area (Å²) in [7, 11) is -4.03. The van der Waals surface area contributed by atoms with Crippen molar-refractivity contribution in [3.05, 3.63) is 77.5 Å². The third-order valence-electron chi connectivity index (χ3n) is 5.50. The van der Waals surface area contributed by atoms with E-state index >= 15 is 0 Å². The van der Waals surface area contributed by atoms with Crippen molar-refractivity contribution in [2.75, 3.05) is 31.1 Å². The number of aromatic nitrogens is 2. The van der Waals surface area contributed by atoms with Gasteiger partial charge in [0.05, 0.1) is 6.54 Å². The predicted molar refractivity (Wildman–Crippen MR) is 117 cm³/mol. The van der Waals surface area contributed by atoms with Gasteiger partial charge in [-0.25, -0.2) is 13.2 Å². The predicted octanol–water partition coefficient (Wildman–Crippen LogP) is 2.45. The lowest BCUT2D eigenvalue weighted by atomic mass is 10.1. The van der Waals surface area contributed by atoms with Gasteiger partial charge in [-0.3, -0.25) is 4.68 Å². The summed E-state index contributed by atoms with van der Waals surface area (Å²) >= 11 is 0. The Hall–Kier alpha value is -3.17. The third-order valence-corrected chi connectivity index (χ3v) is 7.33. The molecule has 0 saturated carbocycles. The van der Waals surface area contributed by atoms with Crippen molar-refractivity contribution in [3.8, 4) is 0 Å². The summed E-state index contributed by atoms with van der Waals surface area (Å²) in [5.74, 6) is -1.31. The highest BCUT2D eigenvalue weighted by atomic mass is 32.2. The summed E-state index contributed by atoms with van der Waals surface area (Å²) in [6.07, 6.45) is 1.29. The molecule has 31 heavy (non-hydrogen) atoms. The van der Waals surface area contributed by atoms with Gasteiger partial charge in [0.2, 0.25) is 5.03 Å². The smallest absolute Gasteiger partial charge is 0.340 e. The number of carbonyl (C=O) groups is 1. The first-order valence-corrected chi connectivity index (χ1v) is 11.5. The zero-order valence-electron chi connectivity index (χ0n) is 17.2. The first-order chi connectivity index (χ1) is 14.9. The van der Waals surface area contributed by atoms with Crippen LogP contribution in [0.3, 0.4) is 0 Å². The number of aryl methyl sites for hydroxylation is 1. The molecule has 2 aromatic carbocycles. The van der Waals surface area contributed by atoms with Crippen molar-refractivity contribution in [2.45, 2.75) is 18.5 Å². The van der Waals surface area contributed by atoms with E-state index in [1.807, 2.05) is 61.5 Å². The van der Waals surface area contributed by atoms with Gasteiger partial charge in [0, 0.05) is 38.1 Å². The van der Waals surface area contributed by atoms with E-state index in [2.05, 4.69) is 10.00 Å². The van der Waals surface area contributed by atoms with Gasteiger partial charge in [0.15, 0.2) is 0 Å². The standard InChI is InChI=1S/C22H24N4O4S/c1-17-7-5-6-8-18(17)15-25-16-20(22(27)28)21(23-25)31(29,30)26-13-11-24(12-14-26)19-9-3-2-4-10-19/h2-10,16H,11-15H2,1H3,(H,27,28). The number of carboxylic acids is 1. The van der Waals surface area contributed by atoms with Crippen molar-refractivity contribution in [2.24, 2.45) is 0 Å². The average Bonchev–Trinajstić information content (AvgIpc) is 3.21. The molecule has 0 aliphatic carbocycles. The SMILES string of the molecule is Cc1ccccc1Cn1cc(C(=O)O)c(S(=O)(=O)N2CCN(c3ccccc3)CC2)n1. The Kier molecular flexibility index (Phi) is 5.79. The Bertz CT molecular complexity index is 1180. The monoisotopic (exact) mass is 440 g/mol. The lowest BCUT2D eigenvalue weighted by molar-refractivity contribution is 0.0692. The molecule has 9 heteroatoms. The number of hydrogen-bond acceptors (Lipinski definition) is 5. The lowest BCUT2D eigenvalue weighted by Gasteiger charge is -2.35. The van der Waals surface area contributed by atoms with Gasteiger partial charge in [-0.2, -0.15) is 9.40 Å². The van der Waals surface area contributed by atoms with Crippen LogP contribution >= 0.6 is 0 Å². The van der Waals surface area contributed by atoms with Gasteiger partial charge in [0.1, 0.15) is 5.56 Å². The van der Waals surface area contributed by atoms with Gasteiger partial charge in [0.25, 0.3) is 10.0 Å². The van der Waals surface area contributed by atoms with Gasteiger partial charge in [-0.1, -0.05) is 42.5 Å². The highest BCUT2D eigenvalue weighted by molar-refractivity contribution is 7.89. The molecule has 1 aliphatic heterocycles. The summed E-state index contributed by atoms with van der Waals surface area (Å²) < 4.78 is 29.2. The van der Waals surface area contributed by atoms with Crippen molar-refractivity contribution < 1.29 is 18.3 Å². The molecule has 0 bridgehead atoms. The van der Waals surface area contributed by atoms with Crippen molar-refractivity contribution >= 4 is 21.7 Å². The Morgan fingerprint density at radius 2 is 1.65 bits per heavy atom. The minimum atomic E-state index is -4.03. The molecule has 0 atom stereocenters. The molecule has 1 aromatic heterocycles. The van der Waals surface area contributed by atoms with Crippen LogP contribution in [0.2, 0.25) is 0 Å². The van der Waals surface area contributed by atoms with Crippen LogP contribution in [0, 0.1) is 6.92 Å². The zero-order valence-corrected chi connectivity index (χ0v) is 18.0. The molecule has 1 saturated heterocycles. The van der Waals surface area contributed by atoms with E-state index in [0.717, 1.165) is 16.8 Å². The molecule has 4 rings (SSSR count). The number of piperazine rings is 1. The molecule has 1 aliphatic rings. The fraction of sp³-hybridized carbons (Fsp3) is 0.273. The number of anilines is 1. The minimum absolute atomic E-state index is 0.265. The van der Waals surface area contributed by atoms with Gasteiger partial charge >= 0.3 is 5.97 Å². The number of aromatic carboxylic acids is 1. The van der Waals surface area contributed by atoms with Crippen LogP contribution in [0.15, 0.2) is 65.8 Å². The van der Waals surface area contributed by atoms with E-state index in [-0.39, 0.29) is 18.7 Å². The Morgan fingerprint density at radius 3 is 2.29 bits per heavy atom. The van der Waals surface area contributed by atoms with Crippen LogP contribution in [-0.2, 0) is 16.6 Å². The molecule has 162 valence electrons. The van der Waals surface area contributed by atoms with E-state index < -0.39 is 21.0 Å². The number of carboxylic acid groups (broad SMARTS) is 1. The van der Waals surface area contributed by atoms with E-state index in [1.165, 1.54) is 15.2 Å². The van der Waals surface area contributed by atoms with Crippen LogP contribution < -0.4 is 4.90 Å². The van der Waals surface area contributed by atoms with Crippen LogP contribution in [0.25, 0.3) is 0 Å². The van der Waals surface area contributed by atoms with Gasteiger partial charge in [-0.15, -0.1) is 0 Å². The summed E-state index contributed by atoms with van der Waals surface area (Å²) in [6, 6.07) is 17.4. The quantitative estimate of drug-likeness (QED) is 0.633. The van der Waals surface area contributed by atoms with Crippen molar-refractivity contribution in [3.63, 3.8) is 0 Å². The van der Waals surface area contributed by atoms with Crippen LogP contribution in [0.5, 0.6) is 0 Å². The summed E-state index contributed by atoms with van der Waals surface area (Å²) in [5, 5.41) is 13.4. The molecule has 0 unspecified atom stereocenters. The molecular formula is C22H24N4O4S. The van der Waals surface area contributed by atoms with Crippen LogP contribution in [-0.4, -0.2) is 59.8 Å². The number of benzene rings is 2. The van der Waals surface area contributed by atoms with Gasteiger partial charge in [-0.05, 0) is 30.2 Å². The first kappa shape index (κ1) is 21.1. The fourth-order valence-electron chi connectivity index (χ4n) is 3.73. The highest BCUT2D eigenvalue weighted by Gasteiger charge is 2.34. The van der Waals surface area contributed by atoms with Gasteiger partial charge < -0.3 is 10.0 Å². The maximum Gasteiger partial charge on any atom is 0.340 e. The normalized spacial score (nSPS) is 15.2. The van der Waals surface area contributed by atoms with E-state index in [4.69, 9.17) is 0 Å². The summed E-state index contributed by atoms with van der Waals surface area (Å²) in [4.78, 5) is 13.9. The van der Waals surface area contributed by atoms with E-state index in [0.29, 0.717) is 19.6 Å². The second-order valence-corrected chi connectivity index (χ2v) is 9.36. The van der Waals surface area contributed by atoms with Crippen molar-refractivity contribution in [1.29, 1.82) is 0 Å². The molecule has 1 fully saturated rings. The molecule has 2 heterocycles. The number of para-hydroxylation sites is 1. The Morgan fingerprint density at radius 1 is 1.00 bits per heavy atom. The number of sulfonamides is 1. The minimum Gasteiger partial charge on any atom is -0.478 e. The largest absolute Gasteiger partial charge is 0.478 e. The molecular weight excluding hydrogens is 416 g/mol. The number of hydrogen-bond donors (Lipinski definition) is 1. The van der Waals surface area contributed by atoms with Crippen LogP contribution in [0.1, 0.15) is 21.5 Å². The molecule has 0 amide bonds. The summed E-state index contributed by atoms with van der Waals surface area (Å²) in [6.45, 7) is 3.82. The molecule has 1 N–H and O–H groups in total. The third kappa shape index (κ3) is 4.33. The van der Waals surface area contributed by atoms with E-state index in [1.54, 1.807) is 0 Å². The molecule has 0 radical (unpaired) electrons. The Balaban J connectivity index is 1.57. The first-order valence-electron chi connectivity index (χ1n) is 10.0. The van der Waals surface area contributed by atoms with Crippen LogP contribution in [0.4, 0.5) is 5.69 Å². The second kappa shape index (κ2) is 8.52. The maximum absolute atomic E-state index is 13.3. The fourth-order valence-corrected chi connectivity index (χ4v) is 5.25. The topological polar surface area (TPSA) is 95.7 Å². The second-order valence-electron chi connectivity index (χ2n) is 7.50. The molecule has 0 spiro atoms. The average molecular weight is 441 g/mol. The van der Waals surface area contributed by atoms with Crippen molar-refractivity contribution in [1.82, 2.24) is 14.1 Å². The highest BCUT2D eigenvalue weighted by Crippen LogP contribution is 2.23. The Labute approximate surface area is 181 Å². The lowest BCUT2D eigenvalue weighted by Crippen LogP contribution is -2.49. The molecule has 8 nitrogen and oxygen atoms in total.